The van der Waals surface area contributed by atoms with Gasteiger partial charge in [0.15, 0.2) is 11.2 Å². The number of hydroxylamine groups is 1. The van der Waals surface area contributed by atoms with Crippen molar-refractivity contribution in [3.63, 3.8) is 0 Å². The Balaban J connectivity index is 0.000000165. The number of nitrogens with one attached hydrogen (secondary N) is 2. The topological polar surface area (TPSA) is 136 Å². The second kappa shape index (κ2) is 14.9. The van der Waals surface area contributed by atoms with Crippen molar-refractivity contribution in [1.82, 2.24) is 20.4 Å². The van der Waals surface area contributed by atoms with Gasteiger partial charge in [-0.15, -0.1) is 0 Å². The average molecular weight is 664 g/mol. The van der Waals surface area contributed by atoms with E-state index < -0.39 is 11.5 Å². The molecule has 2 N–H and O–H groups in total. The molecule has 10 nitrogen and oxygen atoms in total. The molecule has 0 atom stereocenters. The van der Waals surface area contributed by atoms with Crippen LogP contribution < -0.4 is 16.4 Å². The summed E-state index contributed by atoms with van der Waals surface area (Å²) < 4.78 is 5.36. The van der Waals surface area contributed by atoms with E-state index in [0.717, 1.165) is 52.8 Å². The van der Waals surface area contributed by atoms with Gasteiger partial charge in [-0.2, -0.15) is 0 Å². The first kappa shape index (κ1) is 32.3. The van der Waals surface area contributed by atoms with E-state index >= 15 is 0 Å². The van der Waals surface area contributed by atoms with Crippen molar-refractivity contribution >= 4 is 50.1 Å². The predicted molar refractivity (Wildman–Crippen MR) is 193 cm³/mol. The Bertz CT molecular complexity index is 2370. The number of hydrogen-bond acceptors (Lipinski definition) is 8. The summed E-state index contributed by atoms with van der Waals surface area (Å²) in [7, 11) is 0. The Hall–Kier alpha value is -6.26. The van der Waals surface area contributed by atoms with E-state index in [-0.39, 0.29) is 23.2 Å². The van der Waals surface area contributed by atoms with Gasteiger partial charge in [0.05, 0.1) is 11.8 Å². The molecule has 0 radical (unpaired) electrons. The molecule has 0 saturated heterocycles. The summed E-state index contributed by atoms with van der Waals surface area (Å²) in [5.74, 6) is -0.446. The maximum absolute atomic E-state index is 12.9. The lowest BCUT2D eigenvalue weighted by Crippen LogP contribution is -2.32. The standard InChI is InChI=1S/C23H23N3O3.C17H10N2O2/c27-22(19-13-6-9-16-8-4-5-12-18(16)19)25-20-14-7-15-24-21(20)23(28)26-29-17-10-2-1-3-11-17;20-17-15-14(9-4-10-18-15)19-16(21-17)13-8-3-6-11-5-1-2-7-12(11)13/h4-9,12-15,17H,1-3,10-11H2,(H,25,27)(H,26,28);1-10H. The Kier molecular flexibility index (Phi) is 9.61. The number of carbonyl (C=O) groups is 2. The second-order valence-corrected chi connectivity index (χ2v) is 11.9. The Morgan fingerprint density at radius 3 is 2.20 bits per heavy atom. The summed E-state index contributed by atoms with van der Waals surface area (Å²) >= 11 is 0. The molecule has 50 heavy (non-hydrogen) atoms. The smallest absolute Gasteiger partial charge is 0.365 e. The number of amides is 2. The first-order valence-electron chi connectivity index (χ1n) is 16.5. The van der Waals surface area contributed by atoms with Crippen LogP contribution in [0.15, 0.2) is 131 Å². The van der Waals surface area contributed by atoms with Crippen LogP contribution in [0.5, 0.6) is 0 Å². The zero-order valence-electron chi connectivity index (χ0n) is 27.0. The molecule has 7 aromatic rings. The number of fused-ring (bicyclic) bond motifs is 3. The van der Waals surface area contributed by atoms with Gasteiger partial charge in [0.25, 0.3) is 11.8 Å². The first-order valence-corrected chi connectivity index (χ1v) is 16.5. The van der Waals surface area contributed by atoms with E-state index in [0.29, 0.717) is 22.7 Å². The summed E-state index contributed by atoms with van der Waals surface area (Å²) in [6.45, 7) is 0. The van der Waals surface area contributed by atoms with E-state index in [1.54, 1.807) is 36.5 Å². The lowest BCUT2D eigenvalue weighted by atomic mass is 9.98. The van der Waals surface area contributed by atoms with Crippen molar-refractivity contribution in [3.05, 3.63) is 143 Å². The Morgan fingerprint density at radius 1 is 0.700 bits per heavy atom. The fourth-order valence-electron chi connectivity index (χ4n) is 6.11. The summed E-state index contributed by atoms with van der Waals surface area (Å²) in [5.41, 5.74) is 4.63. The minimum atomic E-state index is -0.469. The fourth-order valence-corrected chi connectivity index (χ4v) is 6.11. The fraction of sp³-hybridized carbons (Fsp3) is 0.150. The van der Waals surface area contributed by atoms with Crippen LogP contribution >= 0.6 is 0 Å². The monoisotopic (exact) mass is 663 g/mol. The largest absolute Gasteiger partial charge is 0.402 e. The molecule has 3 heterocycles. The van der Waals surface area contributed by atoms with E-state index in [9.17, 15) is 14.4 Å². The van der Waals surface area contributed by atoms with Gasteiger partial charge < -0.3 is 9.73 Å². The molecule has 1 aliphatic rings. The molecule has 1 aliphatic carbocycles. The molecule has 10 heteroatoms. The van der Waals surface area contributed by atoms with E-state index in [4.69, 9.17) is 9.25 Å². The predicted octanol–water partition coefficient (Wildman–Crippen LogP) is 7.88. The molecule has 1 fully saturated rings. The van der Waals surface area contributed by atoms with Gasteiger partial charge in [0.1, 0.15) is 5.52 Å². The molecule has 2 amide bonds. The zero-order valence-corrected chi connectivity index (χ0v) is 27.0. The highest BCUT2D eigenvalue weighted by Crippen LogP contribution is 2.27. The molecule has 4 aromatic carbocycles. The van der Waals surface area contributed by atoms with E-state index in [2.05, 4.69) is 25.7 Å². The van der Waals surface area contributed by atoms with Crippen molar-refractivity contribution in [3.8, 4) is 11.5 Å². The van der Waals surface area contributed by atoms with Gasteiger partial charge >= 0.3 is 5.63 Å². The molecule has 0 spiro atoms. The van der Waals surface area contributed by atoms with Gasteiger partial charge in [-0.3, -0.25) is 14.4 Å². The third-order valence-electron chi connectivity index (χ3n) is 8.59. The highest BCUT2D eigenvalue weighted by Gasteiger charge is 2.20. The van der Waals surface area contributed by atoms with Crippen molar-refractivity contribution in [2.45, 2.75) is 38.2 Å². The van der Waals surface area contributed by atoms with Crippen LogP contribution in [0.25, 0.3) is 44.0 Å². The van der Waals surface area contributed by atoms with Crippen LogP contribution in [0.4, 0.5) is 5.69 Å². The lowest BCUT2D eigenvalue weighted by Gasteiger charge is -2.21. The van der Waals surface area contributed by atoms with Crippen LogP contribution in [0, 0.1) is 0 Å². The summed E-state index contributed by atoms with van der Waals surface area (Å²) in [4.78, 5) is 55.7. The van der Waals surface area contributed by atoms with Gasteiger partial charge in [0.2, 0.25) is 5.89 Å². The number of hydrogen-bond donors (Lipinski definition) is 2. The highest BCUT2D eigenvalue weighted by molar-refractivity contribution is 6.14. The molecule has 0 aliphatic heterocycles. The van der Waals surface area contributed by atoms with Crippen molar-refractivity contribution < 1.29 is 18.8 Å². The van der Waals surface area contributed by atoms with Crippen LogP contribution in [-0.2, 0) is 4.84 Å². The van der Waals surface area contributed by atoms with Crippen LogP contribution in [-0.4, -0.2) is 32.9 Å². The molecule has 0 bridgehead atoms. The van der Waals surface area contributed by atoms with E-state index in [1.165, 1.54) is 12.6 Å². The molecule has 3 aromatic heterocycles. The first-order chi connectivity index (χ1) is 24.5. The molecule has 1 saturated carbocycles. The Labute approximate surface area is 287 Å². The number of aromatic nitrogens is 3. The zero-order chi connectivity index (χ0) is 34.3. The van der Waals surface area contributed by atoms with Gasteiger partial charge in [-0.1, -0.05) is 92.1 Å². The number of rotatable bonds is 6. The van der Waals surface area contributed by atoms with Gasteiger partial charge in [-0.05, 0) is 70.8 Å². The lowest BCUT2D eigenvalue weighted by molar-refractivity contribution is -0.0314. The van der Waals surface area contributed by atoms with Crippen molar-refractivity contribution in [1.29, 1.82) is 0 Å². The Morgan fingerprint density at radius 2 is 1.38 bits per heavy atom. The van der Waals surface area contributed by atoms with E-state index in [1.807, 2.05) is 78.9 Å². The van der Waals surface area contributed by atoms with Crippen molar-refractivity contribution in [2.75, 3.05) is 5.32 Å². The number of pyridine rings is 2. The maximum atomic E-state index is 12.9. The third kappa shape index (κ3) is 7.11. The maximum Gasteiger partial charge on any atom is 0.365 e. The minimum Gasteiger partial charge on any atom is -0.402 e. The third-order valence-corrected chi connectivity index (χ3v) is 8.59. The minimum absolute atomic E-state index is 0.0325. The number of carbonyl (C=O) groups excluding carboxylic acids is 2. The second-order valence-electron chi connectivity index (χ2n) is 11.9. The van der Waals surface area contributed by atoms with Crippen LogP contribution in [0.3, 0.4) is 0 Å². The molecular weight excluding hydrogens is 630 g/mol. The highest BCUT2D eigenvalue weighted by atomic mass is 16.7. The number of anilines is 1. The SMILES string of the molecule is O=C(NOC1CCCCC1)c1ncccc1NC(=O)c1cccc2ccccc12.O=c1oc(-c2cccc3ccccc23)nc2cccnc12. The summed E-state index contributed by atoms with van der Waals surface area (Å²) in [6.07, 6.45) is 8.40. The van der Waals surface area contributed by atoms with Crippen LogP contribution in [0.2, 0.25) is 0 Å². The van der Waals surface area contributed by atoms with Gasteiger partial charge in [-0.25, -0.2) is 25.2 Å². The molecule has 0 unspecified atom stereocenters. The average Bonchev–Trinajstić information content (AvgIpc) is 3.17. The van der Waals surface area contributed by atoms with Crippen molar-refractivity contribution in [2.24, 2.45) is 0 Å². The summed E-state index contributed by atoms with van der Waals surface area (Å²) in [6, 6.07) is 33.8. The number of nitrogens with zero attached hydrogens (tertiary/aromatic N) is 3. The van der Waals surface area contributed by atoms with Gasteiger partial charge in [0, 0.05) is 23.5 Å². The molecular formula is C40H33N5O5. The molecule has 248 valence electrons. The number of benzene rings is 4. The summed E-state index contributed by atoms with van der Waals surface area (Å²) in [5, 5.41) is 6.72. The molecule has 8 rings (SSSR count). The van der Waals surface area contributed by atoms with Crippen LogP contribution in [0.1, 0.15) is 53.0 Å². The normalized spacial score (nSPS) is 13.0. The quantitative estimate of drug-likeness (QED) is 0.172.